The van der Waals surface area contributed by atoms with Crippen LogP contribution in [0.15, 0.2) is 5.38 Å². The summed E-state index contributed by atoms with van der Waals surface area (Å²) in [7, 11) is 0. The molecule has 2 saturated heterocycles. The summed E-state index contributed by atoms with van der Waals surface area (Å²) in [5.74, 6) is -0.0689. The summed E-state index contributed by atoms with van der Waals surface area (Å²) >= 11 is 1.41. The predicted molar refractivity (Wildman–Crippen MR) is 75.3 cm³/mol. The molecule has 2 aliphatic rings. The van der Waals surface area contributed by atoms with Crippen molar-refractivity contribution in [1.82, 2.24) is 15.2 Å². The minimum absolute atomic E-state index is 0.0239. The normalized spacial score (nSPS) is 27.1. The zero-order valence-electron chi connectivity index (χ0n) is 11.3. The second kappa shape index (κ2) is 5.14. The van der Waals surface area contributed by atoms with Crippen LogP contribution in [0.1, 0.15) is 41.3 Å². The van der Waals surface area contributed by atoms with E-state index in [9.17, 15) is 9.59 Å². The van der Waals surface area contributed by atoms with Crippen LogP contribution in [0.4, 0.5) is 0 Å². The summed E-state index contributed by atoms with van der Waals surface area (Å²) in [5.41, 5.74) is 6.22. The van der Waals surface area contributed by atoms with E-state index in [-0.39, 0.29) is 29.8 Å². The van der Waals surface area contributed by atoms with Crippen molar-refractivity contribution in [2.45, 2.75) is 31.8 Å². The highest BCUT2D eigenvalue weighted by Gasteiger charge is 2.43. The molecule has 1 aromatic rings. The maximum absolute atomic E-state index is 12.6. The van der Waals surface area contributed by atoms with Crippen molar-refractivity contribution in [1.29, 1.82) is 0 Å². The Balaban J connectivity index is 1.80. The molecule has 3 heterocycles. The minimum atomic E-state index is -0.162. The van der Waals surface area contributed by atoms with Crippen LogP contribution in [0.5, 0.6) is 0 Å². The van der Waals surface area contributed by atoms with Gasteiger partial charge in [-0.25, -0.2) is 4.98 Å². The Morgan fingerprint density at radius 2 is 2.45 bits per heavy atom. The van der Waals surface area contributed by atoms with Gasteiger partial charge in [0.2, 0.25) is 5.91 Å². The number of aromatic nitrogens is 1. The molecular weight excluding hydrogens is 276 g/mol. The molecule has 2 amide bonds. The minimum Gasteiger partial charge on any atom is -0.354 e. The third kappa shape index (κ3) is 2.20. The van der Waals surface area contributed by atoms with Gasteiger partial charge in [-0.2, -0.15) is 0 Å². The molecule has 1 aromatic heterocycles. The zero-order chi connectivity index (χ0) is 14.3. The smallest absolute Gasteiger partial charge is 0.273 e. The quantitative estimate of drug-likeness (QED) is 0.832. The SMILES string of the molecule is CC(N)c1nc(C(=O)N2CCCC3C(=O)NCC32)cs1. The first kappa shape index (κ1) is 13.5. The molecule has 0 spiro atoms. The number of fused-ring (bicyclic) bond motifs is 1. The Labute approximate surface area is 121 Å². The fraction of sp³-hybridized carbons (Fsp3) is 0.615. The van der Waals surface area contributed by atoms with Crippen molar-refractivity contribution in [2.75, 3.05) is 13.1 Å². The molecule has 6 nitrogen and oxygen atoms in total. The monoisotopic (exact) mass is 294 g/mol. The largest absolute Gasteiger partial charge is 0.354 e. The topological polar surface area (TPSA) is 88.3 Å². The number of piperidine rings is 1. The fourth-order valence-electron chi connectivity index (χ4n) is 2.95. The molecule has 0 aliphatic carbocycles. The zero-order valence-corrected chi connectivity index (χ0v) is 12.2. The number of hydrogen-bond acceptors (Lipinski definition) is 5. The van der Waals surface area contributed by atoms with Gasteiger partial charge in [0, 0.05) is 18.5 Å². The van der Waals surface area contributed by atoms with E-state index in [4.69, 9.17) is 5.73 Å². The molecule has 0 saturated carbocycles. The van der Waals surface area contributed by atoms with E-state index in [1.54, 1.807) is 10.3 Å². The van der Waals surface area contributed by atoms with Crippen LogP contribution in [0.3, 0.4) is 0 Å². The molecule has 108 valence electrons. The van der Waals surface area contributed by atoms with Crippen LogP contribution in [0, 0.1) is 5.92 Å². The highest BCUT2D eigenvalue weighted by atomic mass is 32.1. The van der Waals surface area contributed by atoms with E-state index < -0.39 is 0 Å². The van der Waals surface area contributed by atoms with Crippen LogP contribution >= 0.6 is 11.3 Å². The van der Waals surface area contributed by atoms with E-state index in [1.165, 1.54) is 11.3 Å². The summed E-state index contributed by atoms with van der Waals surface area (Å²) in [6, 6.07) is -0.186. The van der Waals surface area contributed by atoms with Crippen molar-refractivity contribution in [2.24, 2.45) is 11.7 Å². The maximum Gasteiger partial charge on any atom is 0.273 e. The molecule has 7 heteroatoms. The van der Waals surface area contributed by atoms with Gasteiger partial charge in [0.05, 0.1) is 18.0 Å². The van der Waals surface area contributed by atoms with Gasteiger partial charge in [0.15, 0.2) is 0 Å². The molecule has 3 rings (SSSR count). The number of thiazole rings is 1. The van der Waals surface area contributed by atoms with E-state index in [2.05, 4.69) is 10.3 Å². The van der Waals surface area contributed by atoms with Crippen molar-refractivity contribution in [3.05, 3.63) is 16.1 Å². The number of rotatable bonds is 2. The number of nitrogens with two attached hydrogens (primary N) is 1. The van der Waals surface area contributed by atoms with Gasteiger partial charge < -0.3 is 16.0 Å². The maximum atomic E-state index is 12.6. The summed E-state index contributed by atoms with van der Waals surface area (Å²) in [5, 5.41) is 5.38. The van der Waals surface area contributed by atoms with Crippen LogP contribution in [0.25, 0.3) is 0 Å². The average Bonchev–Trinajstić information content (AvgIpc) is 3.05. The van der Waals surface area contributed by atoms with Crippen LogP contribution in [-0.2, 0) is 4.79 Å². The van der Waals surface area contributed by atoms with E-state index in [1.807, 2.05) is 6.92 Å². The summed E-state index contributed by atoms with van der Waals surface area (Å²) in [6.07, 6.45) is 1.73. The van der Waals surface area contributed by atoms with Crippen LogP contribution in [0.2, 0.25) is 0 Å². The number of hydrogen-bond donors (Lipinski definition) is 2. The second-order valence-corrected chi connectivity index (χ2v) is 6.31. The Kier molecular flexibility index (Phi) is 3.47. The van der Waals surface area contributed by atoms with Crippen molar-refractivity contribution >= 4 is 23.2 Å². The fourth-order valence-corrected chi connectivity index (χ4v) is 3.70. The van der Waals surface area contributed by atoms with Gasteiger partial charge >= 0.3 is 0 Å². The number of carbonyl (C=O) groups is 2. The molecule has 20 heavy (non-hydrogen) atoms. The molecule has 0 aromatic carbocycles. The van der Waals surface area contributed by atoms with E-state index in [0.717, 1.165) is 17.8 Å². The lowest BCUT2D eigenvalue weighted by Crippen LogP contribution is -2.48. The van der Waals surface area contributed by atoms with Crippen LogP contribution < -0.4 is 11.1 Å². The van der Waals surface area contributed by atoms with E-state index >= 15 is 0 Å². The highest BCUT2D eigenvalue weighted by Crippen LogP contribution is 2.29. The third-order valence-corrected chi connectivity index (χ3v) is 5.04. The lowest BCUT2D eigenvalue weighted by atomic mass is 9.91. The summed E-state index contributed by atoms with van der Waals surface area (Å²) in [4.78, 5) is 30.4. The number of nitrogens with zero attached hydrogens (tertiary/aromatic N) is 2. The molecule has 3 N–H and O–H groups in total. The lowest BCUT2D eigenvalue weighted by Gasteiger charge is -2.35. The molecule has 3 atom stereocenters. The number of carbonyl (C=O) groups excluding carboxylic acids is 2. The Hall–Kier alpha value is -1.47. The highest BCUT2D eigenvalue weighted by molar-refractivity contribution is 7.09. The average molecular weight is 294 g/mol. The lowest BCUT2D eigenvalue weighted by molar-refractivity contribution is -0.123. The number of likely N-dealkylation sites (tertiary alicyclic amines) is 1. The molecule has 2 aliphatic heterocycles. The van der Waals surface area contributed by atoms with Crippen molar-refractivity contribution in [3.63, 3.8) is 0 Å². The first-order chi connectivity index (χ1) is 9.58. The Morgan fingerprint density at radius 1 is 1.65 bits per heavy atom. The first-order valence-electron chi connectivity index (χ1n) is 6.87. The van der Waals surface area contributed by atoms with Gasteiger partial charge in [-0.05, 0) is 19.8 Å². The molecule has 0 bridgehead atoms. The number of nitrogens with one attached hydrogen (secondary N) is 1. The van der Waals surface area contributed by atoms with Gasteiger partial charge in [-0.3, -0.25) is 9.59 Å². The second-order valence-electron chi connectivity index (χ2n) is 5.42. The number of amides is 2. The van der Waals surface area contributed by atoms with Crippen LogP contribution in [-0.4, -0.2) is 40.8 Å². The molecule has 3 unspecified atom stereocenters. The van der Waals surface area contributed by atoms with Crippen molar-refractivity contribution < 1.29 is 9.59 Å². The van der Waals surface area contributed by atoms with Gasteiger partial charge in [-0.15, -0.1) is 11.3 Å². The third-order valence-electron chi connectivity index (χ3n) is 3.99. The van der Waals surface area contributed by atoms with Gasteiger partial charge in [0.25, 0.3) is 5.91 Å². The van der Waals surface area contributed by atoms with Gasteiger partial charge in [0.1, 0.15) is 10.7 Å². The van der Waals surface area contributed by atoms with Gasteiger partial charge in [-0.1, -0.05) is 0 Å². The summed E-state index contributed by atoms with van der Waals surface area (Å²) in [6.45, 7) is 3.10. The van der Waals surface area contributed by atoms with Crippen molar-refractivity contribution in [3.8, 4) is 0 Å². The predicted octanol–water partition coefficient (Wildman–Crippen LogP) is 0.513. The Bertz CT molecular complexity index is 542. The molecule has 2 fully saturated rings. The Morgan fingerprint density at radius 3 is 3.15 bits per heavy atom. The molecular formula is C13H18N4O2S. The first-order valence-corrected chi connectivity index (χ1v) is 7.75. The molecule has 0 radical (unpaired) electrons. The standard InChI is InChI=1S/C13H18N4O2S/c1-7(14)12-16-9(6-20-12)13(19)17-4-2-3-8-10(17)5-15-11(8)18/h6-8,10H,2-5,14H2,1H3,(H,15,18). The summed E-state index contributed by atoms with van der Waals surface area (Å²) < 4.78 is 0. The van der Waals surface area contributed by atoms with E-state index in [0.29, 0.717) is 18.8 Å².